The number of nitrogens with two attached hydrogens (primary N) is 1. The van der Waals surface area contributed by atoms with Crippen molar-refractivity contribution in [2.75, 3.05) is 17.2 Å². The highest BCUT2D eigenvalue weighted by Gasteiger charge is 1.96. The number of hydrogen-bond acceptors (Lipinski definition) is 3. The molecule has 1 rings (SSSR count). The van der Waals surface area contributed by atoms with E-state index in [1.54, 1.807) is 0 Å². The van der Waals surface area contributed by atoms with E-state index in [9.17, 15) is 0 Å². The predicted molar refractivity (Wildman–Crippen MR) is 63.4 cm³/mol. The maximum Gasteiger partial charge on any atom is 0.145 e. The smallest absolute Gasteiger partial charge is 0.145 e. The van der Waals surface area contributed by atoms with E-state index in [1.807, 2.05) is 28.7 Å². The summed E-state index contributed by atoms with van der Waals surface area (Å²) < 4.78 is 1.91. The first-order valence-electron chi connectivity index (χ1n) is 5.05. The highest BCUT2D eigenvalue weighted by Crippen LogP contribution is 2.09. The lowest BCUT2D eigenvalue weighted by Gasteiger charge is -2.04. The summed E-state index contributed by atoms with van der Waals surface area (Å²) in [5.74, 6) is 3.86. The molecule has 3 nitrogen and oxygen atoms in total. The van der Waals surface area contributed by atoms with Crippen LogP contribution in [0.2, 0.25) is 0 Å². The molecule has 0 amide bonds. The van der Waals surface area contributed by atoms with Crippen molar-refractivity contribution >= 4 is 17.6 Å². The zero-order valence-corrected chi connectivity index (χ0v) is 9.76. The lowest BCUT2D eigenvalue weighted by Crippen LogP contribution is -2.01. The normalized spacial score (nSPS) is 11.1. The number of rotatable bonds is 6. The van der Waals surface area contributed by atoms with Crippen molar-refractivity contribution in [3.05, 3.63) is 12.3 Å². The number of nitrogens with zero attached hydrogens (tertiary/aromatic N) is 2. The van der Waals surface area contributed by atoms with Gasteiger partial charge in [-0.2, -0.15) is 16.9 Å². The second-order valence-corrected chi connectivity index (χ2v) is 4.98. The third kappa shape index (κ3) is 4.56. The Hall–Kier alpha value is -0.640. The summed E-state index contributed by atoms with van der Waals surface area (Å²) in [5.41, 5.74) is 5.51. The molecule has 0 saturated carbocycles. The molecule has 1 aromatic heterocycles. The molecule has 1 heterocycles. The van der Waals surface area contributed by atoms with Crippen LogP contribution in [0.5, 0.6) is 0 Å². The van der Waals surface area contributed by atoms with Gasteiger partial charge in [0.15, 0.2) is 0 Å². The summed E-state index contributed by atoms with van der Waals surface area (Å²) in [6.07, 6.45) is 3.10. The number of thioether (sulfide) groups is 1. The zero-order valence-electron chi connectivity index (χ0n) is 8.94. The minimum absolute atomic E-state index is 0.611. The lowest BCUT2D eigenvalue weighted by molar-refractivity contribution is 0.608. The molecule has 0 spiro atoms. The molecule has 0 aliphatic rings. The van der Waals surface area contributed by atoms with Gasteiger partial charge < -0.3 is 5.73 Å². The highest BCUT2D eigenvalue weighted by atomic mass is 32.2. The summed E-state index contributed by atoms with van der Waals surface area (Å²) in [6.45, 7) is 5.48. The van der Waals surface area contributed by atoms with Crippen LogP contribution < -0.4 is 5.73 Å². The Bertz CT molecular complexity index is 258. The van der Waals surface area contributed by atoms with Crippen molar-refractivity contribution in [2.45, 2.75) is 26.8 Å². The molecule has 0 atom stereocenters. The number of nitrogen functional groups attached to an aromatic ring is 1. The molecule has 2 N–H and O–H groups in total. The van der Waals surface area contributed by atoms with Gasteiger partial charge in [0, 0.05) is 12.7 Å². The van der Waals surface area contributed by atoms with Gasteiger partial charge in [0.05, 0.1) is 0 Å². The summed E-state index contributed by atoms with van der Waals surface area (Å²) in [4.78, 5) is 0. The van der Waals surface area contributed by atoms with Crippen LogP contribution in [0.4, 0.5) is 5.82 Å². The predicted octanol–water partition coefficient (Wildman–Crippen LogP) is 2.24. The van der Waals surface area contributed by atoms with E-state index in [0.29, 0.717) is 5.82 Å². The highest BCUT2D eigenvalue weighted by molar-refractivity contribution is 7.99. The van der Waals surface area contributed by atoms with Crippen LogP contribution in [0, 0.1) is 5.92 Å². The molecular weight excluding hydrogens is 194 g/mol. The van der Waals surface area contributed by atoms with Gasteiger partial charge in [0.2, 0.25) is 0 Å². The molecule has 4 heteroatoms. The summed E-state index contributed by atoms with van der Waals surface area (Å²) in [6, 6.07) is 1.83. The molecule has 80 valence electrons. The molecule has 0 bridgehead atoms. The summed E-state index contributed by atoms with van der Waals surface area (Å²) >= 11 is 2.02. The van der Waals surface area contributed by atoms with Gasteiger partial charge in [0.25, 0.3) is 0 Å². The van der Waals surface area contributed by atoms with E-state index in [4.69, 9.17) is 5.73 Å². The quantitative estimate of drug-likeness (QED) is 0.737. The maximum atomic E-state index is 5.51. The van der Waals surface area contributed by atoms with Crippen LogP contribution in [0.1, 0.15) is 20.3 Å². The van der Waals surface area contributed by atoms with Crippen LogP contribution in [-0.4, -0.2) is 21.3 Å². The van der Waals surface area contributed by atoms with Crippen LogP contribution in [-0.2, 0) is 6.54 Å². The third-order valence-corrected chi connectivity index (χ3v) is 3.27. The van der Waals surface area contributed by atoms with Crippen LogP contribution in [0.15, 0.2) is 12.3 Å². The summed E-state index contributed by atoms with van der Waals surface area (Å²) in [5, 5.41) is 4.13. The van der Waals surface area contributed by atoms with Gasteiger partial charge in [-0.25, -0.2) is 0 Å². The Morgan fingerprint density at radius 2 is 2.36 bits per heavy atom. The standard InChI is InChI=1S/C10H19N3S/c1-9(2)8-14-7-3-5-13-6-4-10(11)12-13/h4,6,9H,3,5,7-8H2,1-2H3,(H2,11,12). The van der Waals surface area contributed by atoms with Gasteiger partial charge >= 0.3 is 0 Å². The van der Waals surface area contributed by atoms with Gasteiger partial charge in [-0.05, 0) is 29.9 Å². The first kappa shape index (κ1) is 11.4. The minimum Gasteiger partial charge on any atom is -0.382 e. The van der Waals surface area contributed by atoms with Crippen LogP contribution in [0.3, 0.4) is 0 Å². The second kappa shape index (κ2) is 5.96. The molecule has 0 saturated heterocycles. The molecule has 0 aromatic carbocycles. The Labute approximate surface area is 90.1 Å². The monoisotopic (exact) mass is 213 g/mol. The van der Waals surface area contributed by atoms with Crippen molar-refractivity contribution in [3.8, 4) is 0 Å². The average molecular weight is 213 g/mol. The second-order valence-electron chi connectivity index (χ2n) is 3.83. The van der Waals surface area contributed by atoms with Crippen molar-refractivity contribution in [1.82, 2.24) is 9.78 Å². The molecule has 1 aromatic rings. The molecule has 0 aliphatic carbocycles. The molecule has 0 aliphatic heterocycles. The van der Waals surface area contributed by atoms with Gasteiger partial charge in [-0.3, -0.25) is 4.68 Å². The Morgan fingerprint density at radius 1 is 1.57 bits per heavy atom. The maximum absolute atomic E-state index is 5.51. The Balaban J connectivity index is 2.04. The number of aromatic nitrogens is 2. The van der Waals surface area contributed by atoms with Gasteiger partial charge in [0.1, 0.15) is 5.82 Å². The first-order valence-corrected chi connectivity index (χ1v) is 6.20. The van der Waals surface area contributed by atoms with E-state index in [-0.39, 0.29) is 0 Å². The fourth-order valence-corrected chi connectivity index (χ4v) is 2.12. The van der Waals surface area contributed by atoms with Crippen molar-refractivity contribution in [2.24, 2.45) is 5.92 Å². The topological polar surface area (TPSA) is 43.8 Å². The van der Waals surface area contributed by atoms with Crippen molar-refractivity contribution in [3.63, 3.8) is 0 Å². The van der Waals surface area contributed by atoms with Crippen LogP contribution >= 0.6 is 11.8 Å². The SMILES string of the molecule is CC(C)CSCCCn1ccc(N)n1. The lowest BCUT2D eigenvalue weighted by atomic mass is 10.3. The third-order valence-electron chi connectivity index (χ3n) is 1.79. The largest absolute Gasteiger partial charge is 0.382 e. The van der Waals surface area contributed by atoms with E-state index < -0.39 is 0 Å². The average Bonchev–Trinajstić information content (AvgIpc) is 2.50. The molecule has 14 heavy (non-hydrogen) atoms. The number of hydrogen-bond donors (Lipinski definition) is 1. The van der Waals surface area contributed by atoms with Crippen molar-refractivity contribution in [1.29, 1.82) is 0 Å². The number of anilines is 1. The molecule has 0 fully saturated rings. The zero-order chi connectivity index (χ0) is 10.4. The van der Waals surface area contributed by atoms with Crippen LogP contribution in [0.25, 0.3) is 0 Å². The Kier molecular flexibility index (Phi) is 4.87. The summed E-state index contributed by atoms with van der Waals surface area (Å²) in [7, 11) is 0. The Morgan fingerprint density at radius 3 is 2.93 bits per heavy atom. The fraction of sp³-hybridized carbons (Fsp3) is 0.700. The molecular formula is C10H19N3S. The van der Waals surface area contributed by atoms with Crippen molar-refractivity contribution < 1.29 is 0 Å². The van der Waals surface area contributed by atoms with E-state index in [0.717, 1.165) is 12.5 Å². The van der Waals surface area contributed by atoms with Gasteiger partial charge in [-0.15, -0.1) is 0 Å². The van der Waals surface area contributed by atoms with Gasteiger partial charge in [-0.1, -0.05) is 13.8 Å². The van der Waals surface area contributed by atoms with E-state index >= 15 is 0 Å². The van der Waals surface area contributed by atoms with E-state index in [2.05, 4.69) is 18.9 Å². The molecule has 0 radical (unpaired) electrons. The fourth-order valence-electron chi connectivity index (χ4n) is 1.15. The first-order chi connectivity index (χ1) is 6.68. The number of aryl methyl sites for hydroxylation is 1. The molecule has 0 unspecified atom stereocenters. The van der Waals surface area contributed by atoms with E-state index in [1.165, 1.54) is 17.9 Å². The minimum atomic E-state index is 0.611.